The topological polar surface area (TPSA) is 216 Å². The minimum Gasteiger partial charge on any atom is -0.394 e. The molecule has 0 saturated carbocycles. The molecular weight excluding hydrogens is 346 g/mol. The molecule has 2 aliphatic rings. The monoisotopic (exact) mass is 371 g/mol. The molecule has 6 unspecified atom stereocenters. The van der Waals surface area contributed by atoms with Crippen molar-refractivity contribution in [2.24, 2.45) is 5.73 Å². The molecule has 0 amide bonds. The molecule has 10 atom stereocenters. The molecule has 0 aromatic rings. The van der Waals surface area contributed by atoms with Crippen molar-refractivity contribution in [2.75, 3.05) is 13.2 Å². The number of hydrogen-bond donors (Lipinski definition) is 9. The maximum atomic E-state index is 10.1. The van der Waals surface area contributed by atoms with Crippen LogP contribution in [0.1, 0.15) is 6.42 Å². The van der Waals surface area contributed by atoms with E-state index in [2.05, 4.69) is 0 Å². The molecule has 2 aliphatic heterocycles. The van der Waals surface area contributed by atoms with Crippen LogP contribution in [-0.2, 0) is 14.2 Å². The van der Waals surface area contributed by atoms with Crippen LogP contribution in [0.4, 0.5) is 0 Å². The van der Waals surface area contributed by atoms with Crippen molar-refractivity contribution in [3.8, 4) is 0 Å². The van der Waals surface area contributed by atoms with Crippen LogP contribution in [0.2, 0.25) is 0 Å². The van der Waals surface area contributed by atoms with E-state index in [0.717, 1.165) is 0 Å². The number of nitrogens with two attached hydrogens (primary N) is 1. The largest absolute Gasteiger partial charge is 0.394 e. The van der Waals surface area contributed by atoms with Gasteiger partial charge >= 0.3 is 0 Å². The molecule has 2 fully saturated rings. The van der Waals surface area contributed by atoms with Crippen molar-refractivity contribution < 1.29 is 55.1 Å². The first-order valence-corrected chi connectivity index (χ1v) is 7.71. The summed E-state index contributed by atoms with van der Waals surface area (Å²) in [5, 5.41) is 77.5. The minimum absolute atomic E-state index is 0.401. The first-order valence-electron chi connectivity index (χ1n) is 7.71. The van der Waals surface area contributed by atoms with Crippen LogP contribution >= 0.6 is 0 Å². The number of ether oxygens (including phenoxy) is 3. The van der Waals surface area contributed by atoms with E-state index >= 15 is 0 Å². The average Bonchev–Trinajstić information content (AvgIpc) is 2.64. The smallest absolute Gasteiger partial charge is 0.186 e. The Labute approximate surface area is 142 Å². The van der Waals surface area contributed by atoms with Gasteiger partial charge in [0.05, 0.1) is 19.3 Å². The molecule has 0 aromatic carbocycles. The van der Waals surface area contributed by atoms with E-state index in [4.69, 9.17) is 25.1 Å². The Hall–Kier alpha value is -0.480. The van der Waals surface area contributed by atoms with Gasteiger partial charge in [0.25, 0.3) is 0 Å². The summed E-state index contributed by atoms with van der Waals surface area (Å²) in [6.45, 7) is -1.39. The molecule has 0 radical (unpaired) electrons. The van der Waals surface area contributed by atoms with Crippen molar-refractivity contribution >= 4 is 0 Å². The van der Waals surface area contributed by atoms with Crippen LogP contribution < -0.4 is 5.73 Å². The van der Waals surface area contributed by atoms with Gasteiger partial charge in [-0.2, -0.15) is 0 Å². The maximum Gasteiger partial charge on any atom is 0.186 e. The molecule has 2 rings (SSSR count). The lowest BCUT2D eigenvalue weighted by atomic mass is 9.98. The Balaban J connectivity index is 2.07. The van der Waals surface area contributed by atoms with Crippen LogP contribution in [0, 0.1) is 0 Å². The Morgan fingerprint density at radius 2 is 1.60 bits per heavy atom. The Morgan fingerprint density at radius 3 is 2.20 bits per heavy atom. The quantitative estimate of drug-likeness (QED) is 0.226. The fraction of sp³-hybridized carbons (Fsp3) is 1.00. The van der Waals surface area contributed by atoms with Crippen molar-refractivity contribution in [3.05, 3.63) is 0 Å². The highest BCUT2D eigenvalue weighted by atomic mass is 16.7. The SMILES string of the molecule is NC1(CO[C@H]2OC(CO)[C@@H](O)C(O)C2O)O[C@H](O)C(O)CC(O)[C@@H]1O. The van der Waals surface area contributed by atoms with E-state index in [1.54, 1.807) is 0 Å². The minimum atomic E-state index is -2.17. The number of hydrogen-bond acceptors (Lipinski definition) is 12. The molecule has 0 aliphatic carbocycles. The summed E-state index contributed by atoms with van der Waals surface area (Å²) in [6, 6.07) is 0. The predicted octanol–water partition coefficient (Wildman–Crippen LogP) is -5.72. The first kappa shape index (κ1) is 20.8. The standard InChI is InChI=1S/C13H25NO11/c14-13(10(21)4(16)1-5(17)11(22)25-13)3-23-12-9(20)8(19)7(18)6(2-15)24-12/h4-12,15-22H,1-3,14H2/t4?,5?,6?,7-,8?,9?,10+,11+,12+,13?/m1/s1. The van der Waals surface area contributed by atoms with E-state index in [1.807, 2.05) is 0 Å². The fourth-order valence-corrected chi connectivity index (χ4v) is 2.73. The number of rotatable bonds is 4. The van der Waals surface area contributed by atoms with E-state index in [0.29, 0.717) is 0 Å². The third kappa shape index (κ3) is 4.27. The Bertz CT molecular complexity index is 440. The lowest BCUT2D eigenvalue weighted by Gasteiger charge is -2.41. The highest BCUT2D eigenvalue weighted by Gasteiger charge is 2.49. The molecule has 2 heterocycles. The van der Waals surface area contributed by atoms with Gasteiger partial charge in [0.15, 0.2) is 18.3 Å². The lowest BCUT2D eigenvalue weighted by molar-refractivity contribution is -0.323. The summed E-state index contributed by atoms with van der Waals surface area (Å²) in [7, 11) is 0. The van der Waals surface area contributed by atoms with Gasteiger partial charge in [-0.05, 0) is 0 Å². The average molecular weight is 371 g/mol. The number of aliphatic hydroxyl groups excluding tert-OH is 8. The van der Waals surface area contributed by atoms with E-state index in [9.17, 15) is 35.7 Å². The second kappa shape index (κ2) is 8.04. The van der Waals surface area contributed by atoms with Gasteiger partial charge in [0, 0.05) is 6.42 Å². The molecule has 0 aromatic heterocycles. The summed E-state index contributed by atoms with van der Waals surface area (Å²) in [5.41, 5.74) is 3.64. The summed E-state index contributed by atoms with van der Waals surface area (Å²) in [6.07, 6.45) is -14.7. The third-order valence-electron chi connectivity index (χ3n) is 4.34. The van der Waals surface area contributed by atoms with Crippen LogP contribution in [0.5, 0.6) is 0 Å². The van der Waals surface area contributed by atoms with Gasteiger partial charge in [0.2, 0.25) is 0 Å². The molecule has 10 N–H and O–H groups in total. The first-order chi connectivity index (χ1) is 11.6. The third-order valence-corrected chi connectivity index (χ3v) is 4.34. The normalized spacial score (nSPS) is 52.0. The summed E-state index contributed by atoms with van der Waals surface area (Å²) >= 11 is 0. The summed E-state index contributed by atoms with van der Waals surface area (Å²) in [5.74, 6) is 0. The van der Waals surface area contributed by atoms with Crippen LogP contribution in [0.25, 0.3) is 0 Å². The van der Waals surface area contributed by atoms with E-state index in [-0.39, 0.29) is 0 Å². The summed E-state index contributed by atoms with van der Waals surface area (Å²) in [4.78, 5) is 0. The zero-order valence-corrected chi connectivity index (χ0v) is 13.2. The van der Waals surface area contributed by atoms with Crippen molar-refractivity contribution in [3.63, 3.8) is 0 Å². The predicted molar refractivity (Wildman–Crippen MR) is 76.4 cm³/mol. The molecule has 2 saturated heterocycles. The molecule has 148 valence electrons. The maximum absolute atomic E-state index is 10.1. The van der Waals surface area contributed by atoms with Crippen LogP contribution in [0.15, 0.2) is 0 Å². The second-order valence-corrected chi connectivity index (χ2v) is 6.29. The second-order valence-electron chi connectivity index (χ2n) is 6.29. The summed E-state index contributed by atoms with van der Waals surface area (Å²) < 4.78 is 15.3. The van der Waals surface area contributed by atoms with Gasteiger partial charge in [0.1, 0.15) is 36.6 Å². The van der Waals surface area contributed by atoms with Gasteiger partial charge in [-0.1, -0.05) is 0 Å². The van der Waals surface area contributed by atoms with Crippen molar-refractivity contribution in [1.82, 2.24) is 0 Å². The Kier molecular flexibility index (Phi) is 6.70. The van der Waals surface area contributed by atoms with Gasteiger partial charge in [-0.25, -0.2) is 0 Å². The van der Waals surface area contributed by atoms with Gasteiger partial charge in [-0.15, -0.1) is 0 Å². The van der Waals surface area contributed by atoms with Gasteiger partial charge < -0.3 is 55.1 Å². The highest BCUT2D eigenvalue weighted by Crippen LogP contribution is 2.27. The van der Waals surface area contributed by atoms with Crippen LogP contribution in [-0.4, -0.2) is 115 Å². The zero-order valence-electron chi connectivity index (χ0n) is 13.2. The van der Waals surface area contributed by atoms with Crippen molar-refractivity contribution in [1.29, 1.82) is 0 Å². The van der Waals surface area contributed by atoms with Crippen LogP contribution in [0.3, 0.4) is 0 Å². The lowest BCUT2D eigenvalue weighted by Crippen LogP contribution is -2.63. The van der Waals surface area contributed by atoms with E-state index in [1.165, 1.54) is 0 Å². The molecule has 12 heteroatoms. The Morgan fingerprint density at radius 1 is 0.960 bits per heavy atom. The zero-order chi connectivity index (χ0) is 18.9. The number of aliphatic hydroxyl groups is 8. The highest BCUT2D eigenvalue weighted by molar-refractivity contribution is 4.94. The van der Waals surface area contributed by atoms with Crippen molar-refractivity contribution in [2.45, 2.75) is 67.5 Å². The van der Waals surface area contributed by atoms with E-state index < -0.39 is 80.7 Å². The molecule has 0 spiro atoms. The molecule has 0 bridgehead atoms. The fourth-order valence-electron chi connectivity index (χ4n) is 2.73. The molecular formula is C13H25NO11. The van der Waals surface area contributed by atoms with Gasteiger partial charge in [-0.3, -0.25) is 5.73 Å². The molecule has 25 heavy (non-hydrogen) atoms. The molecule has 12 nitrogen and oxygen atoms in total.